The molecule has 1 aromatic heterocycles. The molecule has 0 radical (unpaired) electrons. The van der Waals surface area contributed by atoms with Gasteiger partial charge < -0.3 is 10.3 Å². The topological polar surface area (TPSA) is 64.9 Å². The minimum absolute atomic E-state index is 0. The fraction of sp³-hybridized carbons (Fsp3) is 0.375. The molecule has 0 saturated heterocycles. The molecule has 0 spiro atoms. The van der Waals surface area contributed by atoms with Gasteiger partial charge in [-0.25, -0.2) is 0 Å². The van der Waals surface area contributed by atoms with Crippen molar-refractivity contribution in [3.05, 3.63) is 47.1 Å². The van der Waals surface area contributed by atoms with Gasteiger partial charge in [0, 0.05) is 6.08 Å². The zero-order chi connectivity index (χ0) is 14.0. The van der Waals surface area contributed by atoms with Crippen LogP contribution in [0.1, 0.15) is 48.5 Å². The van der Waals surface area contributed by atoms with E-state index in [9.17, 15) is 0 Å². The van der Waals surface area contributed by atoms with E-state index in [4.69, 9.17) is 10.3 Å². The first-order chi connectivity index (χ1) is 9.66. The molecular formula is C16H20ClN3O. The Balaban J connectivity index is 0.00000161. The number of aromatic nitrogens is 2. The van der Waals surface area contributed by atoms with Crippen LogP contribution in [-0.4, -0.2) is 10.1 Å². The van der Waals surface area contributed by atoms with E-state index in [1.54, 1.807) is 0 Å². The van der Waals surface area contributed by atoms with Crippen LogP contribution in [0.15, 0.2) is 28.8 Å². The second-order valence-electron chi connectivity index (χ2n) is 5.57. The lowest BCUT2D eigenvalue weighted by Crippen LogP contribution is -2.34. The molecule has 3 rings (SSSR count). The molecule has 0 bridgehead atoms. The molecule has 1 saturated carbocycles. The number of hydrogen-bond acceptors (Lipinski definition) is 4. The zero-order valence-electron chi connectivity index (χ0n) is 12.1. The Kier molecular flexibility index (Phi) is 4.80. The van der Waals surface area contributed by atoms with E-state index in [-0.39, 0.29) is 17.9 Å². The van der Waals surface area contributed by atoms with Gasteiger partial charge in [0.25, 0.3) is 5.89 Å². The number of rotatable bonds is 3. The van der Waals surface area contributed by atoms with Crippen LogP contribution in [0.3, 0.4) is 0 Å². The quantitative estimate of drug-likeness (QED) is 0.939. The number of nitrogens with two attached hydrogens (primary N) is 1. The van der Waals surface area contributed by atoms with Crippen molar-refractivity contribution in [2.45, 2.75) is 38.1 Å². The SMILES string of the molecule is Cc1cccc(/C=C/c2nc(C3(N)CCCC3)no2)c1.Cl. The second-order valence-corrected chi connectivity index (χ2v) is 5.57. The minimum atomic E-state index is -0.390. The Morgan fingerprint density at radius 3 is 2.71 bits per heavy atom. The highest BCUT2D eigenvalue weighted by atomic mass is 35.5. The summed E-state index contributed by atoms with van der Waals surface area (Å²) in [6, 6.07) is 8.25. The molecule has 5 heteroatoms. The van der Waals surface area contributed by atoms with Crippen molar-refractivity contribution >= 4 is 24.6 Å². The van der Waals surface area contributed by atoms with Crippen LogP contribution in [0.4, 0.5) is 0 Å². The fourth-order valence-electron chi connectivity index (χ4n) is 2.68. The molecule has 1 aromatic carbocycles. The standard InChI is InChI=1S/C16H19N3O.ClH/c1-12-5-4-6-13(11-12)7-8-14-18-15(19-20-14)16(17)9-2-3-10-16;/h4-8,11H,2-3,9-10,17H2,1H3;1H/b8-7+;. The molecule has 4 nitrogen and oxygen atoms in total. The van der Waals surface area contributed by atoms with Gasteiger partial charge in [-0.05, 0) is 31.4 Å². The lowest BCUT2D eigenvalue weighted by molar-refractivity contribution is 0.364. The number of nitrogens with zero attached hydrogens (tertiary/aromatic N) is 2. The van der Waals surface area contributed by atoms with E-state index in [1.165, 1.54) is 5.56 Å². The van der Waals surface area contributed by atoms with Crippen molar-refractivity contribution in [3.8, 4) is 0 Å². The fourth-order valence-corrected chi connectivity index (χ4v) is 2.68. The molecule has 21 heavy (non-hydrogen) atoms. The number of aryl methyl sites for hydroxylation is 1. The van der Waals surface area contributed by atoms with Crippen LogP contribution in [0.25, 0.3) is 12.2 Å². The van der Waals surface area contributed by atoms with E-state index < -0.39 is 0 Å². The van der Waals surface area contributed by atoms with E-state index in [0.29, 0.717) is 11.7 Å². The maximum Gasteiger partial charge on any atom is 0.250 e. The highest BCUT2D eigenvalue weighted by molar-refractivity contribution is 5.85. The predicted molar refractivity (Wildman–Crippen MR) is 86.0 cm³/mol. The first-order valence-corrected chi connectivity index (χ1v) is 7.04. The van der Waals surface area contributed by atoms with Crippen LogP contribution in [0.2, 0.25) is 0 Å². The molecule has 1 aliphatic rings. The van der Waals surface area contributed by atoms with Crippen molar-refractivity contribution in [1.82, 2.24) is 10.1 Å². The van der Waals surface area contributed by atoms with Crippen molar-refractivity contribution in [1.29, 1.82) is 0 Å². The van der Waals surface area contributed by atoms with Gasteiger partial charge >= 0.3 is 0 Å². The first kappa shape index (κ1) is 15.7. The molecular weight excluding hydrogens is 286 g/mol. The summed E-state index contributed by atoms with van der Waals surface area (Å²) in [7, 11) is 0. The van der Waals surface area contributed by atoms with Gasteiger partial charge in [-0.1, -0.05) is 47.8 Å². The van der Waals surface area contributed by atoms with E-state index in [0.717, 1.165) is 31.2 Å². The largest absolute Gasteiger partial charge is 0.335 e. The Hall–Kier alpha value is -1.65. The summed E-state index contributed by atoms with van der Waals surface area (Å²) in [5, 5.41) is 4.04. The molecule has 2 aromatic rings. The molecule has 1 fully saturated rings. The van der Waals surface area contributed by atoms with Gasteiger partial charge in [-0.15, -0.1) is 12.4 Å². The highest BCUT2D eigenvalue weighted by Crippen LogP contribution is 2.34. The van der Waals surface area contributed by atoms with Crippen molar-refractivity contribution in [2.24, 2.45) is 5.73 Å². The van der Waals surface area contributed by atoms with Crippen molar-refractivity contribution in [2.75, 3.05) is 0 Å². The third kappa shape index (κ3) is 3.52. The maximum absolute atomic E-state index is 6.31. The first-order valence-electron chi connectivity index (χ1n) is 7.04. The van der Waals surface area contributed by atoms with Crippen LogP contribution in [-0.2, 0) is 5.54 Å². The van der Waals surface area contributed by atoms with Gasteiger partial charge in [0.1, 0.15) is 0 Å². The summed E-state index contributed by atoms with van der Waals surface area (Å²) in [6.45, 7) is 2.07. The predicted octanol–water partition coefficient (Wildman–Crippen LogP) is 3.70. The number of hydrogen-bond donors (Lipinski definition) is 1. The average Bonchev–Trinajstić information content (AvgIpc) is 3.06. The Labute approximate surface area is 130 Å². The van der Waals surface area contributed by atoms with Gasteiger partial charge in [-0.3, -0.25) is 0 Å². The second kappa shape index (κ2) is 6.41. The summed E-state index contributed by atoms with van der Waals surface area (Å²) < 4.78 is 5.27. The van der Waals surface area contributed by atoms with E-state index >= 15 is 0 Å². The van der Waals surface area contributed by atoms with Crippen LogP contribution in [0, 0.1) is 6.92 Å². The summed E-state index contributed by atoms with van der Waals surface area (Å²) in [5.41, 5.74) is 8.27. The summed E-state index contributed by atoms with van der Waals surface area (Å²) in [5.74, 6) is 1.15. The molecule has 0 amide bonds. The molecule has 0 atom stereocenters. The van der Waals surface area contributed by atoms with Crippen molar-refractivity contribution < 1.29 is 4.52 Å². The third-order valence-corrected chi connectivity index (χ3v) is 3.84. The van der Waals surface area contributed by atoms with Gasteiger partial charge in [-0.2, -0.15) is 4.98 Å². The molecule has 2 N–H and O–H groups in total. The summed E-state index contributed by atoms with van der Waals surface area (Å²) >= 11 is 0. The lowest BCUT2D eigenvalue weighted by atomic mass is 9.99. The van der Waals surface area contributed by atoms with Crippen molar-refractivity contribution in [3.63, 3.8) is 0 Å². The Morgan fingerprint density at radius 1 is 1.24 bits per heavy atom. The molecule has 112 valence electrons. The molecule has 1 aliphatic carbocycles. The third-order valence-electron chi connectivity index (χ3n) is 3.84. The maximum atomic E-state index is 6.31. The number of halogens is 1. The van der Waals surface area contributed by atoms with Gasteiger partial charge in [0.2, 0.25) is 0 Å². The monoisotopic (exact) mass is 305 g/mol. The summed E-state index contributed by atoms with van der Waals surface area (Å²) in [4.78, 5) is 4.41. The van der Waals surface area contributed by atoms with Crippen LogP contribution in [0.5, 0.6) is 0 Å². The normalized spacial score (nSPS) is 17.0. The molecule has 0 unspecified atom stereocenters. The molecule has 0 aliphatic heterocycles. The molecule has 1 heterocycles. The zero-order valence-corrected chi connectivity index (χ0v) is 12.9. The van der Waals surface area contributed by atoms with Crippen LogP contribution >= 0.6 is 12.4 Å². The van der Waals surface area contributed by atoms with Gasteiger partial charge in [0.15, 0.2) is 5.82 Å². The van der Waals surface area contributed by atoms with E-state index in [2.05, 4.69) is 29.2 Å². The summed E-state index contributed by atoms with van der Waals surface area (Å²) in [6.07, 6.45) is 7.96. The Morgan fingerprint density at radius 2 is 2.00 bits per heavy atom. The van der Waals surface area contributed by atoms with E-state index in [1.807, 2.05) is 24.3 Å². The smallest absolute Gasteiger partial charge is 0.250 e. The van der Waals surface area contributed by atoms with Crippen LogP contribution < -0.4 is 5.73 Å². The minimum Gasteiger partial charge on any atom is -0.335 e. The Bertz CT molecular complexity index is 630. The number of benzene rings is 1. The average molecular weight is 306 g/mol. The highest BCUT2D eigenvalue weighted by Gasteiger charge is 2.35. The van der Waals surface area contributed by atoms with Gasteiger partial charge in [0.05, 0.1) is 5.54 Å². The lowest BCUT2D eigenvalue weighted by Gasteiger charge is -2.17.